The number of aryl methyl sites for hydroxylation is 1. The van der Waals surface area contributed by atoms with Crippen molar-refractivity contribution in [2.75, 3.05) is 13.1 Å². The summed E-state index contributed by atoms with van der Waals surface area (Å²) in [6.07, 6.45) is 1.83. The fourth-order valence-corrected chi connectivity index (χ4v) is 3.09. The van der Waals surface area contributed by atoms with Crippen LogP contribution < -0.4 is 5.32 Å². The molecular weight excluding hydrogens is 332 g/mol. The summed E-state index contributed by atoms with van der Waals surface area (Å²) in [5.74, 6) is 0.0560. The second-order valence-electron chi connectivity index (χ2n) is 5.24. The number of H-pyrrole nitrogens is 1. The molecule has 0 bridgehead atoms. The Kier molecular flexibility index (Phi) is 4.07. The number of aromatic amines is 1. The average molecular weight is 349 g/mol. The first-order chi connectivity index (χ1) is 10.1. The highest BCUT2D eigenvalue weighted by molar-refractivity contribution is 9.10. The van der Waals surface area contributed by atoms with Gasteiger partial charge in [0.25, 0.3) is 0 Å². The highest BCUT2D eigenvalue weighted by Gasteiger charge is 2.31. The Morgan fingerprint density at radius 3 is 3.05 bits per heavy atom. The van der Waals surface area contributed by atoms with Crippen molar-refractivity contribution < 1.29 is 4.79 Å². The predicted molar refractivity (Wildman–Crippen MR) is 83.6 cm³/mol. The minimum Gasteiger partial charge on any atom is -0.353 e. The molecule has 0 spiro atoms. The number of halogens is 1. The molecule has 1 aromatic carbocycles. The van der Waals surface area contributed by atoms with Gasteiger partial charge in [0, 0.05) is 35.4 Å². The normalized spacial score (nSPS) is 19.5. The van der Waals surface area contributed by atoms with Crippen molar-refractivity contribution in [2.45, 2.75) is 19.5 Å². The summed E-state index contributed by atoms with van der Waals surface area (Å²) >= 11 is 3.48. The van der Waals surface area contributed by atoms with E-state index in [1.807, 2.05) is 37.4 Å². The van der Waals surface area contributed by atoms with E-state index >= 15 is 0 Å². The highest BCUT2D eigenvalue weighted by atomic mass is 79.9. The van der Waals surface area contributed by atoms with Gasteiger partial charge in [-0.2, -0.15) is 5.10 Å². The van der Waals surface area contributed by atoms with Crippen molar-refractivity contribution in [1.29, 1.82) is 0 Å². The van der Waals surface area contributed by atoms with Crippen LogP contribution in [0.4, 0.5) is 0 Å². The van der Waals surface area contributed by atoms with E-state index in [0.29, 0.717) is 13.1 Å². The largest absolute Gasteiger partial charge is 0.353 e. The number of hydrogen-bond donors (Lipinski definition) is 2. The van der Waals surface area contributed by atoms with Crippen LogP contribution in [0.1, 0.15) is 22.9 Å². The molecule has 2 heterocycles. The lowest BCUT2D eigenvalue weighted by Crippen LogP contribution is -2.49. The Balaban J connectivity index is 1.90. The predicted octanol–water partition coefficient (Wildman–Crippen LogP) is 2.15. The third-order valence-corrected chi connectivity index (χ3v) is 4.28. The fraction of sp³-hybridized carbons (Fsp3) is 0.333. The molecule has 1 atom stereocenters. The van der Waals surface area contributed by atoms with E-state index in [0.717, 1.165) is 27.8 Å². The Morgan fingerprint density at radius 1 is 1.48 bits per heavy atom. The first kappa shape index (κ1) is 14.3. The maximum absolute atomic E-state index is 12.3. The van der Waals surface area contributed by atoms with Crippen LogP contribution in [-0.4, -0.2) is 34.1 Å². The molecule has 6 heteroatoms. The molecule has 1 saturated heterocycles. The molecule has 110 valence electrons. The molecule has 2 aromatic rings. The van der Waals surface area contributed by atoms with Crippen molar-refractivity contribution in [3.63, 3.8) is 0 Å². The molecular formula is C15H17BrN4O. The molecule has 1 fully saturated rings. The molecule has 0 radical (unpaired) electrons. The molecule has 21 heavy (non-hydrogen) atoms. The van der Waals surface area contributed by atoms with Gasteiger partial charge in [0.05, 0.1) is 6.20 Å². The Bertz CT molecular complexity index is 655. The molecule has 0 saturated carbocycles. The van der Waals surface area contributed by atoms with Gasteiger partial charge in [0.1, 0.15) is 6.04 Å². The molecule has 2 N–H and O–H groups in total. The standard InChI is InChI=1S/C15H17BrN4O/c1-10-12(8-18-19-10)9-20-6-5-17-15(21)14(20)11-3-2-4-13(16)7-11/h2-4,7-8,14H,5-6,9H2,1H3,(H,17,21)(H,18,19)/t14-/m1/s1. The minimum absolute atomic E-state index is 0.0560. The molecule has 5 nitrogen and oxygen atoms in total. The number of piperazine rings is 1. The first-order valence-corrected chi connectivity index (χ1v) is 7.70. The summed E-state index contributed by atoms with van der Waals surface area (Å²) in [5.41, 5.74) is 3.18. The monoisotopic (exact) mass is 348 g/mol. The van der Waals surface area contributed by atoms with E-state index in [-0.39, 0.29) is 11.9 Å². The zero-order valence-electron chi connectivity index (χ0n) is 11.8. The van der Waals surface area contributed by atoms with Crippen molar-refractivity contribution in [3.05, 3.63) is 51.8 Å². The van der Waals surface area contributed by atoms with Gasteiger partial charge in [-0.25, -0.2) is 0 Å². The topological polar surface area (TPSA) is 61.0 Å². The second kappa shape index (κ2) is 5.99. The summed E-state index contributed by atoms with van der Waals surface area (Å²) in [5, 5.41) is 9.96. The van der Waals surface area contributed by atoms with Gasteiger partial charge in [-0.1, -0.05) is 28.1 Å². The number of nitrogens with one attached hydrogen (secondary N) is 2. The lowest BCUT2D eigenvalue weighted by atomic mass is 10.0. The van der Waals surface area contributed by atoms with Gasteiger partial charge in [0.15, 0.2) is 0 Å². The number of carbonyl (C=O) groups excluding carboxylic acids is 1. The zero-order chi connectivity index (χ0) is 14.8. The van der Waals surface area contributed by atoms with Gasteiger partial charge in [0.2, 0.25) is 5.91 Å². The average Bonchev–Trinajstić information content (AvgIpc) is 2.84. The van der Waals surface area contributed by atoms with Crippen molar-refractivity contribution in [3.8, 4) is 0 Å². The fourth-order valence-electron chi connectivity index (χ4n) is 2.68. The molecule has 0 aliphatic carbocycles. The van der Waals surface area contributed by atoms with Crippen LogP contribution in [0.15, 0.2) is 34.9 Å². The molecule has 1 aliphatic heterocycles. The van der Waals surface area contributed by atoms with E-state index < -0.39 is 0 Å². The van der Waals surface area contributed by atoms with Crippen LogP contribution in [0.2, 0.25) is 0 Å². The van der Waals surface area contributed by atoms with Crippen molar-refractivity contribution >= 4 is 21.8 Å². The van der Waals surface area contributed by atoms with Crippen LogP contribution in [0.3, 0.4) is 0 Å². The molecule has 0 unspecified atom stereocenters. The lowest BCUT2D eigenvalue weighted by molar-refractivity contribution is -0.129. The first-order valence-electron chi connectivity index (χ1n) is 6.91. The van der Waals surface area contributed by atoms with Crippen LogP contribution in [-0.2, 0) is 11.3 Å². The Labute approximate surface area is 131 Å². The van der Waals surface area contributed by atoms with Crippen LogP contribution in [0.25, 0.3) is 0 Å². The van der Waals surface area contributed by atoms with Crippen molar-refractivity contribution in [2.24, 2.45) is 0 Å². The van der Waals surface area contributed by atoms with Gasteiger partial charge in [-0.05, 0) is 24.6 Å². The van der Waals surface area contributed by atoms with Crippen molar-refractivity contribution in [1.82, 2.24) is 20.4 Å². The van der Waals surface area contributed by atoms with Gasteiger partial charge in [-0.3, -0.25) is 14.8 Å². The van der Waals surface area contributed by atoms with E-state index in [4.69, 9.17) is 0 Å². The second-order valence-corrected chi connectivity index (χ2v) is 6.15. The summed E-state index contributed by atoms with van der Waals surface area (Å²) in [4.78, 5) is 14.5. The van der Waals surface area contributed by atoms with Crippen LogP contribution >= 0.6 is 15.9 Å². The number of rotatable bonds is 3. The maximum Gasteiger partial charge on any atom is 0.242 e. The molecule has 1 amide bonds. The smallest absolute Gasteiger partial charge is 0.242 e. The number of aromatic nitrogens is 2. The number of benzene rings is 1. The minimum atomic E-state index is -0.259. The summed E-state index contributed by atoms with van der Waals surface area (Å²) in [6.45, 7) is 4.22. The summed E-state index contributed by atoms with van der Waals surface area (Å²) in [6, 6.07) is 7.67. The van der Waals surface area contributed by atoms with Crippen LogP contribution in [0.5, 0.6) is 0 Å². The summed E-state index contributed by atoms with van der Waals surface area (Å²) < 4.78 is 0.984. The van der Waals surface area contributed by atoms with E-state index in [1.165, 1.54) is 0 Å². The Hall–Kier alpha value is -1.66. The van der Waals surface area contributed by atoms with E-state index in [9.17, 15) is 4.79 Å². The van der Waals surface area contributed by atoms with Crippen LogP contribution in [0, 0.1) is 6.92 Å². The Morgan fingerprint density at radius 2 is 2.33 bits per heavy atom. The number of hydrogen-bond acceptors (Lipinski definition) is 3. The number of carbonyl (C=O) groups is 1. The highest BCUT2D eigenvalue weighted by Crippen LogP contribution is 2.27. The molecule has 1 aromatic heterocycles. The zero-order valence-corrected chi connectivity index (χ0v) is 13.4. The van der Waals surface area contributed by atoms with Gasteiger partial charge >= 0.3 is 0 Å². The maximum atomic E-state index is 12.3. The van der Waals surface area contributed by atoms with E-state index in [2.05, 4.69) is 36.3 Å². The molecule has 1 aliphatic rings. The van der Waals surface area contributed by atoms with Gasteiger partial charge in [-0.15, -0.1) is 0 Å². The SMILES string of the molecule is Cc1[nH]ncc1CN1CCNC(=O)[C@H]1c1cccc(Br)c1. The number of amides is 1. The quantitative estimate of drug-likeness (QED) is 0.893. The summed E-state index contributed by atoms with van der Waals surface area (Å²) in [7, 11) is 0. The third-order valence-electron chi connectivity index (χ3n) is 3.78. The van der Waals surface area contributed by atoms with Gasteiger partial charge < -0.3 is 5.32 Å². The lowest BCUT2D eigenvalue weighted by Gasteiger charge is -2.35. The third kappa shape index (κ3) is 3.01. The van der Waals surface area contributed by atoms with E-state index in [1.54, 1.807) is 0 Å². The number of nitrogens with zero attached hydrogens (tertiary/aromatic N) is 2. The molecule has 3 rings (SSSR count).